The molecule has 1 N–H and O–H groups in total. The Kier molecular flexibility index (Phi) is 8.90. The fraction of sp³-hybridized carbons (Fsp3) is 0.355. The highest BCUT2D eigenvalue weighted by molar-refractivity contribution is 6.33. The van der Waals surface area contributed by atoms with E-state index in [1.807, 2.05) is 32.9 Å². The number of aliphatic hydroxyl groups excluding tert-OH is 1. The van der Waals surface area contributed by atoms with Gasteiger partial charge >= 0.3 is 12.1 Å². The lowest BCUT2D eigenvalue weighted by molar-refractivity contribution is 0.00195. The average Bonchev–Trinajstić information content (AvgIpc) is 2.89. The lowest BCUT2D eigenvalue weighted by Gasteiger charge is -2.37. The Morgan fingerprint density at radius 2 is 1.67 bits per heavy atom. The Labute approximate surface area is 239 Å². The number of fused-ring (bicyclic) bond motifs is 1. The molecule has 8 heteroatoms. The number of hydrogen-bond acceptors (Lipinski definition) is 5. The summed E-state index contributed by atoms with van der Waals surface area (Å²) in [6, 6.07) is 18.3. The van der Waals surface area contributed by atoms with E-state index in [0.29, 0.717) is 27.6 Å². The largest absolute Gasteiger partial charge is 0.465 e. The molecule has 1 amide bonds. The second-order valence-electron chi connectivity index (χ2n) is 10.8. The van der Waals surface area contributed by atoms with Gasteiger partial charge in [0.1, 0.15) is 5.60 Å². The van der Waals surface area contributed by atoms with Crippen LogP contribution in [0.25, 0.3) is 11.1 Å². The molecule has 0 saturated heterocycles. The van der Waals surface area contributed by atoms with Crippen LogP contribution in [0.5, 0.6) is 0 Å². The fourth-order valence-corrected chi connectivity index (χ4v) is 5.21. The number of nitrogens with zero attached hydrogens (tertiary/aromatic N) is 1. The molecule has 2 atom stereocenters. The summed E-state index contributed by atoms with van der Waals surface area (Å²) in [7, 11) is 1.32. The number of carbonyl (C=O) groups is 2. The zero-order chi connectivity index (χ0) is 28.3. The first kappa shape index (κ1) is 28.9. The average molecular weight is 571 g/mol. The molecule has 0 radical (unpaired) electrons. The van der Waals surface area contributed by atoms with Crippen LogP contribution >= 0.6 is 23.2 Å². The first-order valence-corrected chi connectivity index (χ1v) is 13.6. The molecule has 4 rings (SSSR count). The normalized spacial score (nSPS) is 15.7. The fourth-order valence-electron chi connectivity index (χ4n) is 4.82. The quantitative estimate of drug-likeness (QED) is 0.316. The highest BCUT2D eigenvalue weighted by Gasteiger charge is 2.33. The number of halogens is 2. The highest BCUT2D eigenvalue weighted by atomic mass is 35.5. The van der Waals surface area contributed by atoms with E-state index in [0.717, 1.165) is 29.5 Å². The topological polar surface area (TPSA) is 76.1 Å². The standard InChI is InChI=1S/C31H33Cl2NO5/c1-31(2,3)39-30(37)34(18-28(35)20-7-11-24(32)12-8-20)25-13-9-19-5-6-21(15-23(19)16-25)22-10-14-26(27(33)17-22)29(36)38-4/h5-8,10-12,14-15,17,25,28,35H,9,13,16,18H2,1-4H3/t25-,28+/m0/s1. The van der Waals surface area contributed by atoms with Gasteiger partial charge in [-0.05, 0) is 92.1 Å². The zero-order valence-electron chi connectivity index (χ0n) is 22.5. The number of ether oxygens (including phenoxy) is 2. The molecule has 206 valence electrons. The Bertz CT molecular complexity index is 1350. The molecule has 39 heavy (non-hydrogen) atoms. The maximum atomic E-state index is 13.3. The van der Waals surface area contributed by atoms with Crippen LogP contribution in [0.3, 0.4) is 0 Å². The van der Waals surface area contributed by atoms with Gasteiger partial charge in [-0.2, -0.15) is 0 Å². The minimum Gasteiger partial charge on any atom is -0.465 e. The van der Waals surface area contributed by atoms with Gasteiger partial charge in [0.15, 0.2) is 0 Å². The van der Waals surface area contributed by atoms with Crippen molar-refractivity contribution < 1.29 is 24.2 Å². The van der Waals surface area contributed by atoms with Crippen molar-refractivity contribution >= 4 is 35.3 Å². The van der Waals surface area contributed by atoms with E-state index in [9.17, 15) is 14.7 Å². The van der Waals surface area contributed by atoms with Crippen molar-refractivity contribution in [3.05, 3.63) is 93.0 Å². The third-order valence-corrected chi connectivity index (χ3v) is 7.37. The molecular weight excluding hydrogens is 537 g/mol. The zero-order valence-corrected chi connectivity index (χ0v) is 24.1. The van der Waals surface area contributed by atoms with Gasteiger partial charge in [0.05, 0.1) is 30.3 Å². The summed E-state index contributed by atoms with van der Waals surface area (Å²) in [4.78, 5) is 26.9. The van der Waals surface area contributed by atoms with Crippen LogP contribution in [0, 0.1) is 0 Å². The van der Waals surface area contributed by atoms with E-state index in [1.54, 1.807) is 41.3 Å². The summed E-state index contributed by atoms with van der Waals surface area (Å²) in [5.41, 5.74) is 4.49. The van der Waals surface area contributed by atoms with Gasteiger partial charge in [-0.3, -0.25) is 0 Å². The molecule has 0 unspecified atom stereocenters. The van der Waals surface area contributed by atoms with Crippen molar-refractivity contribution in [3.63, 3.8) is 0 Å². The monoisotopic (exact) mass is 569 g/mol. The molecular formula is C31H33Cl2NO5. The van der Waals surface area contributed by atoms with Gasteiger partial charge in [0, 0.05) is 11.1 Å². The van der Waals surface area contributed by atoms with Crippen LogP contribution in [0.1, 0.15) is 60.3 Å². The summed E-state index contributed by atoms with van der Waals surface area (Å²) in [5.74, 6) is -0.483. The molecule has 3 aromatic rings. The van der Waals surface area contributed by atoms with Crippen molar-refractivity contribution in [2.75, 3.05) is 13.7 Å². The van der Waals surface area contributed by atoms with Crippen LogP contribution in [0.2, 0.25) is 10.0 Å². The number of esters is 1. The number of amides is 1. The number of carbonyl (C=O) groups excluding carboxylic acids is 2. The van der Waals surface area contributed by atoms with Crippen molar-refractivity contribution in [3.8, 4) is 11.1 Å². The SMILES string of the molecule is COC(=O)c1ccc(-c2ccc3c(c2)C[C@@H](N(C[C@@H](O)c2ccc(Cl)cc2)C(=O)OC(C)(C)C)CC3)cc1Cl. The smallest absolute Gasteiger partial charge is 0.410 e. The molecule has 1 aliphatic rings. The maximum Gasteiger partial charge on any atom is 0.410 e. The summed E-state index contributed by atoms with van der Waals surface area (Å²) < 4.78 is 10.5. The van der Waals surface area contributed by atoms with Crippen molar-refractivity contribution in [2.45, 2.75) is 57.8 Å². The molecule has 3 aromatic carbocycles. The van der Waals surface area contributed by atoms with E-state index in [1.165, 1.54) is 12.7 Å². The van der Waals surface area contributed by atoms with Crippen molar-refractivity contribution in [2.24, 2.45) is 0 Å². The lowest BCUT2D eigenvalue weighted by Crippen LogP contribution is -2.47. The second kappa shape index (κ2) is 12.0. The Morgan fingerprint density at radius 3 is 2.31 bits per heavy atom. The third-order valence-electron chi connectivity index (χ3n) is 6.81. The lowest BCUT2D eigenvalue weighted by atomic mass is 9.85. The maximum absolute atomic E-state index is 13.3. The second-order valence-corrected chi connectivity index (χ2v) is 11.6. The molecule has 1 aliphatic carbocycles. The first-order valence-electron chi connectivity index (χ1n) is 12.9. The predicted octanol–water partition coefficient (Wildman–Crippen LogP) is 7.28. The van der Waals surface area contributed by atoms with Gasteiger partial charge in [0.2, 0.25) is 0 Å². The predicted molar refractivity (Wildman–Crippen MR) is 153 cm³/mol. The van der Waals surface area contributed by atoms with Crippen molar-refractivity contribution in [1.29, 1.82) is 0 Å². The molecule has 0 heterocycles. The minimum absolute atomic E-state index is 0.0981. The summed E-state index contributed by atoms with van der Waals surface area (Å²) in [6.07, 6.45) is 0.810. The number of methoxy groups -OCH3 is 1. The summed E-state index contributed by atoms with van der Waals surface area (Å²) >= 11 is 12.4. The Balaban J connectivity index is 1.60. The number of aryl methyl sites for hydroxylation is 1. The first-order chi connectivity index (χ1) is 18.4. The number of benzene rings is 3. The Morgan fingerprint density at radius 1 is 1.00 bits per heavy atom. The minimum atomic E-state index is -0.891. The number of rotatable bonds is 6. The molecule has 0 spiro atoms. The Hall–Kier alpha value is -3.06. The number of aliphatic hydroxyl groups is 1. The van der Waals surface area contributed by atoms with E-state index in [-0.39, 0.29) is 12.6 Å². The van der Waals surface area contributed by atoms with Gasteiger partial charge < -0.3 is 19.5 Å². The van der Waals surface area contributed by atoms with Gasteiger partial charge in [-0.25, -0.2) is 9.59 Å². The van der Waals surface area contributed by atoms with E-state index in [4.69, 9.17) is 32.7 Å². The van der Waals surface area contributed by atoms with Gasteiger partial charge in [0.25, 0.3) is 0 Å². The van der Waals surface area contributed by atoms with E-state index < -0.39 is 23.8 Å². The van der Waals surface area contributed by atoms with Gasteiger partial charge in [-0.1, -0.05) is 59.6 Å². The molecule has 0 aromatic heterocycles. The van der Waals surface area contributed by atoms with Crippen LogP contribution in [0.4, 0.5) is 4.79 Å². The number of hydrogen-bond donors (Lipinski definition) is 1. The highest BCUT2D eigenvalue weighted by Crippen LogP contribution is 2.33. The third kappa shape index (κ3) is 7.13. The van der Waals surface area contributed by atoms with Crippen molar-refractivity contribution in [1.82, 2.24) is 4.90 Å². The summed E-state index contributed by atoms with van der Waals surface area (Å²) in [5, 5.41) is 11.9. The van der Waals surface area contributed by atoms with Crippen LogP contribution in [-0.2, 0) is 22.3 Å². The van der Waals surface area contributed by atoms with Crippen LogP contribution in [0.15, 0.2) is 60.7 Å². The van der Waals surface area contributed by atoms with E-state index >= 15 is 0 Å². The molecule has 6 nitrogen and oxygen atoms in total. The molecule has 0 aliphatic heterocycles. The molecule has 0 saturated carbocycles. The van der Waals surface area contributed by atoms with Gasteiger partial charge in [-0.15, -0.1) is 0 Å². The van der Waals surface area contributed by atoms with Crippen LogP contribution in [-0.4, -0.2) is 47.4 Å². The molecule has 0 fully saturated rings. The van der Waals surface area contributed by atoms with Crippen LogP contribution < -0.4 is 0 Å². The van der Waals surface area contributed by atoms with E-state index in [2.05, 4.69) is 12.1 Å². The molecule has 0 bridgehead atoms. The summed E-state index contributed by atoms with van der Waals surface area (Å²) in [6.45, 7) is 5.59.